The van der Waals surface area contributed by atoms with Crippen LogP contribution in [0, 0.1) is 5.92 Å². The van der Waals surface area contributed by atoms with E-state index in [2.05, 4.69) is 27.7 Å². The molecule has 0 saturated heterocycles. The van der Waals surface area contributed by atoms with Gasteiger partial charge in [0.1, 0.15) is 11.9 Å². The molecule has 3 heteroatoms. The fourth-order valence-electron chi connectivity index (χ4n) is 1.43. The van der Waals surface area contributed by atoms with Crippen molar-refractivity contribution in [1.82, 2.24) is 0 Å². The van der Waals surface area contributed by atoms with E-state index in [1.807, 2.05) is 12.1 Å². The van der Waals surface area contributed by atoms with Gasteiger partial charge in [0.15, 0.2) is 0 Å². The van der Waals surface area contributed by atoms with Gasteiger partial charge in [-0.3, -0.25) is 0 Å². The number of ether oxygens (including phenoxy) is 1. The average molecular weight is 225 g/mol. The lowest BCUT2D eigenvalue weighted by molar-refractivity contribution is -0.0492. The second-order valence-electron chi connectivity index (χ2n) is 4.59. The van der Waals surface area contributed by atoms with Crippen LogP contribution < -0.4 is 5.73 Å². The first-order chi connectivity index (χ1) is 7.56. The fourth-order valence-corrected chi connectivity index (χ4v) is 1.43. The van der Waals surface area contributed by atoms with E-state index in [0.29, 0.717) is 5.92 Å². The van der Waals surface area contributed by atoms with Crippen LogP contribution in [0.15, 0.2) is 22.8 Å². The molecule has 16 heavy (non-hydrogen) atoms. The zero-order chi connectivity index (χ0) is 12.1. The van der Waals surface area contributed by atoms with Gasteiger partial charge >= 0.3 is 0 Å². The van der Waals surface area contributed by atoms with Crippen LogP contribution in [0.5, 0.6) is 0 Å². The molecule has 0 aromatic carbocycles. The van der Waals surface area contributed by atoms with Crippen LogP contribution in [0.4, 0.5) is 0 Å². The van der Waals surface area contributed by atoms with Crippen molar-refractivity contribution in [3.63, 3.8) is 0 Å². The summed E-state index contributed by atoms with van der Waals surface area (Å²) in [7, 11) is 0. The summed E-state index contributed by atoms with van der Waals surface area (Å²) in [5.74, 6) is 1.29. The third-order valence-electron chi connectivity index (χ3n) is 2.98. The molecule has 0 amide bonds. The second kappa shape index (κ2) is 6.06. The zero-order valence-corrected chi connectivity index (χ0v) is 10.6. The summed E-state index contributed by atoms with van der Waals surface area (Å²) in [4.78, 5) is 0. The Morgan fingerprint density at radius 2 is 2.06 bits per heavy atom. The molecule has 1 aromatic heterocycles. The maximum absolute atomic E-state index is 6.07. The highest BCUT2D eigenvalue weighted by atomic mass is 16.5. The first-order valence-corrected chi connectivity index (χ1v) is 6.00. The van der Waals surface area contributed by atoms with Crippen LogP contribution >= 0.6 is 0 Å². The number of hydrogen-bond acceptors (Lipinski definition) is 3. The minimum absolute atomic E-state index is 0.0210. The minimum Gasteiger partial charge on any atom is -0.467 e. The first-order valence-electron chi connectivity index (χ1n) is 6.00. The maximum Gasteiger partial charge on any atom is 0.134 e. The Balaban J connectivity index is 2.73. The van der Waals surface area contributed by atoms with Crippen molar-refractivity contribution in [2.45, 2.75) is 52.4 Å². The second-order valence-corrected chi connectivity index (χ2v) is 4.59. The van der Waals surface area contributed by atoms with Gasteiger partial charge in [0, 0.05) is 6.04 Å². The van der Waals surface area contributed by atoms with Crippen molar-refractivity contribution >= 4 is 0 Å². The molecule has 3 atom stereocenters. The van der Waals surface area contributed by atoms with Crippen molar-refractivity contribution < 1.29 is 9.15 Å². The summed E-state index contributed by atoms with van der Waals surface area (Å²) < 4.78 is 11.4. The molecule has 1 aromatic rings. The van der Waals surface area contributed by atoms with Gasteiger partial charge < -0.3 is 14.9 Å². The molecule has 92 valence electrons. The SMILES string of the molecule is CCC(N)C(OC(C)C(C)C)c1ccco1. The molecule has 3 nitrogen and oxygen atoms in total. The summed E-state index contributed by atoms with van der Waals surface area (Å²) >= 11 is 0. The molecule has 0 bridgehead atoms. The van der Waals surface area contributed by atoms with Crippen LogP contribution in [0.2, 0.25) is 0 Å². The molecule has 1 rings (SSSR count). The molecule has 0 aliphatic rings. The van der Waals surface area contributed by atoms with E-state index in [1.54, 1.807) is 6.26 Å². The standard InChI is InChI=1S/C13H23NO2/c1-5-11(14)13(12-7-6-8-15-12)16-10(4)9(2)3/h6-11,13H,5,14H2,1-4H3. The quantitative estimate of drug-likeness (QED) is 0.809. The van der Waals surface area contributed by atoms with Gasteiger partial charge in [-0.15, -0.1) is 0 Å². The molecule has 0 spiro atoms. The highest BCUT2D eigenvalue weighted by molar-refractivity contribution is 5.05. The molecule has 0 fully saturated rings. The Hall–Kier alpha value is -0.800. The summed E-state index contributed by atoms with van der Waals surface area (Å²) in [6, 6.07) is 3.77. The largest absolute Gasteiger partial charge is 0.467 e. The molecular formula is C13H23NO2. The van der Waals surface area contributed by atoms with Crippen molar-refractivity contribution in [3.05, 3.63) is 24.2 Å². The lowest BCUT2D eigenvalue weighted by Gasteiger charge is -2.27. The fraction of sp³-hybridized carbons (Fsp3) is 0.692. The van der Waals surface area contributed by atoms with E-state index >= 15 is 0 Å². The third kappa shape index (κ3) is 3.35. The predicted octanol–water partition coefficient (Wildman–Crippen LogP) is 3.12. The van der Waals surface area contributed by atoms with E-state index in [4.69, 9.17) is 14.9 Å². The Morgan fingerprint density at radius 3 is 2.50 bits per heavy atom. The summed E-state index contributed by atoms with van der Waals surface area (Å²) in [5, 5.41) is 0. The monoisotopic (exact) mass is 225 g/mol. The Labute approximate surface area is 98.0 Å². The third-order valence-corrected chi connectivity index (χ3v) is 2.98. The summed E-state index contributed by atoms with van der Waals surface area (Å²) in [6.45, 7) is 8.41. The Kier molecular flexibility index (Phi) is 5.03. The van der Waals surface area contributed by atoms with Gasteiger partial charge in [0.2, 0.25) is 0 Å². The minimum atomic E-state index is -0.141. The van der Waals surface area contributed by atoms with Crippen molar-refractivity contribution in [2.24, 2.45) is 11.7 Å². The summed E-state index contributed by atoms with van der Waals surface area (Å²) in [6.07, 6.45) is 2.56. The number of furan rings is 1. The van der Waals surface area contributed by atoms with Crippen LogP contribution in [0.25, 0.3) is 0 Å². The summed E-state index contributed by atoms with van der Waals surface area (Å²) in [5.41, 5.74) is 6.07. The first kappa shape index (κ1) is 13.3. The number of nitrogens with two attached hydrogens (primary N) is 1. The molecule has 0 aliphatic carbocycles. The normalized spacial score (nSPS) is 17.4. The predicted molar refractivity (Wildman–Crippen MR) is 65.1 cm³/mol. The molecule has 2 N–H and O–H groups in total. The zero-order valence-electron chi connectivity index (χ0n) is 10.6. The maximum atomic E-state index is 6.07. The van der Waals surface area contributed by atoms with E-state index in [-0.39, 0.29) is 18.2 Å². The van der Waals surface area contributed by atoms with E-state index in [1.165, 1.54) is 0 Å². The van der Waals surface area contributed by atoms with Crippen molar-refractivity contribution in [3.8, 4) is 0 Å². The van der Waals surface area contributed by atoms with Gasteiger partial charge in [0.25, 0.3) is 0 Å². The van der Waals surface area contributed by atoms with Crippen LogP contribution in [-0.2, 0) is 4.74 Å². The smallest absolute Gasteiger partial charge is 0.134 e. The molecule has 0 radical (unpaired) electrons. The van der Waals surface area contributed by atoms with E-state index < -0.39 is 0 Å². The van der Waals surface area contributed by atoms with Gasteiger partial charge in [-0.1, -0.05) is 20.8 Å². The molecule has 0 aliphatic heterocycles. The lowest BCUT2D eigenvalue weighted by Crippen LogP contribution is -2.32. The number of rotatable bonds is 6. The molecule has 0 saturated carbocycles. The van der Waals surface area contributed by atoms with Crippen molar-refractivity contribution in [1.29, 1.82) is 0 Å². The Bertz CT molecular complexity index is 282. The molecular weight excluding hydrogens is 202 g/mol. The Morgan fingerprint density at radius 1 is 1.38 bits per heavy atom. The van der Waals surface area contributed by atoms with Gasteiger partial charge in [-0.2, -0.15) is 0 Å². The topological polar surface area (TPSA) is 48.4 Å². The highest BCUT2D eigenvalue weighted by Gasteiger charge is 2.25. The van der Waals surface area contributed by atoms with Gasteiger partial charge in [0.05, 0.1) is 12.4 Å². The molecule has 3 unspecified atom stereocenters. The van der Waals surface area contributed by atoms with Gasteiger partial charge in [-0.05, 0) is 31.4 Å². The van der Waals surface area contributed by atoms with Gasteiger partial charge in [-0.25, -0.2) is 0 Å². The number of hydrogen-bond donors (Lipinski definition) is 1. The molecule has 1 heterocycles. The lowest BCUT2D eigenvalue weighted by atomic mass is 10.0. The van der Waals surface area contributed by atoms with Crippen LogP contribution in [0.3, 0.4) is 0 Å². The van der Waals surface area contributed by atoms with Crippen molar-refractivity contribution in [2.75, 3.05) is 0 Å². The average Bonchev–Trinajstić information content (AvgIpc) is 2.77. The highest BCUT2D eigenvalue weighted by Crippen LogP contribution is 2.25. The van der Waals surface area contributed by atoms with Crippen LogP contribution in [-0.4, -0.2) is 12.1 Å². The van der Waals surface area contributed by atoms with Crippen LogP contribution in [0.1, 0.15) is 46.0 Å². The van der Waals surface area contributed by atoms with E-state index in [0.717, 1.165) is 12.2 Å². The van der Waals surface area contributed by atoms with E-state index in [9.17, 15) is 0 Å².